The molecule has 1 nitrogen and oxygen atoms in total. The number of aryl methyl sites for hydroxylation is 1. The zero-order chi connectivity index (χ0) is 10.4. The largest absolute Gasteiger partial charge is 0.391 e. The maximum atomic E-state index is 9.25. The summed E-state index contributed by atoms with van der Waals surface area (Å²) in [7, 11) is 0. The Bertz CT molecular complexity index is 278. The van der Waals surface area contributed by atoms with Crippen LogP contribution in [0.2, 0.25) is 0 Å². The smallest absolute Gasteiger partial charge is 0.0765 e. The fourth-order valence-electron chi connectivity index (χ4n) is 1.12. The number of alkyl halides is 1. The molecule has 1 unspecified atom stereocenters. The predicted molar refractivity (Wildman–Crippen MR) is 64.1 cm³/mol. The highest BCUT2D eigenvalue weighted by Crippen LogP contribution is 2.16. The first-order valence-electron chi connectivity index (χ1n) is 4.60. The van der Waals surface area contributed by atoms with Gasteiger partial charge in [-0.05, 0) is 18.1 Å². The molecule has 0 spiro atoms. The molecule has 78 valence electrons. The van der Waals surface area contributed by atoms with Crippen molar-refractivity contribution in [1.82, 2.24) is 0 Å². The van der Waals surface area contributed by atoms with Crippen LogP contribution in [0, 0.1) is 6.92 Å². The summed E-state index contributed by atoms with van der Waals surface area (Å²) in [5.41, 5.74) is 2.64. The highest BCUT2D eigenvalue weighted by Gasteiger charge is 2.02. The molecular formula is C11H15ClOS. The number of benzene rings is 1. The maximum absolute atomic E-state index is 9.25. The third-order valence-corrected chi connectivity index (χ3v) is 3.50. The summed E-state index contributed by atoms with van der Waals surface area (Å²) >= 11 is 7.22. The first-order valence-corrected chi connectivity index (χ1v) is 6.29. The summed E-state index contributed by atoms with van der Waals surface area (Å²) in [6, 6.07) is 8.31. The van der Waals surface area contributed by atoms with Gasteiger partial charge in [-0.2, -0.15) is 11.8 Å². The standard InChI is InChI=1S/C11H15ClOS/c1-9-4-2-3-5-10(9)7-14-8-11(13)6-12/h2-5,11,13H,6-8H2,1H3. The molecule has 0 heterocycles. The molecule has 0 radical (unpaired) electrons. The van der Waals surface area contributed by atoms with Crippen LogP contribution in [0.3, 0.4) is 0 Å². The Balaban J connectivity index is 2.35. The van der Waals surface area contributed by atoms with Crippen molar-refractivity contribution in [2.45, 2.75) is 18.8 Å². The van der Waals surface area contributed by atoms with Gasteiger partial charge in [-0.25, -0.2) is 0 Å². The van der Waals surface area contributed by atoms with Gasteiger partial charge in [0.1, 0.15) is 0 Å². The minimum atomic E-state index is -0.384. The van der Waals surface area contributed by atoms with Crippen LogP contribution in [0.5, 0.6) is 0 Å². The molecule has 1 N–H and O–H groups in total. The van der Waals surface area contributed by atoms with Gasteiger partial charge in [0.2, 0.25) is 0 Å². The lowest BCUT2D eigenvalue weighted by Gasteiger charge is -2.07. The molecule has 0 aliphatic heterocycles. The number of aliphatic hydroxyl groups excluding tert-OH is 1. The van der Waals surface area contributed by atoms with Crippen LogP contribution in [-0.2, 0) is 5.75 Å². The lowest BCUT2D eigenvalue weighted by atomic mass is 10.1. The van der Waals surface area contributed by atoms with Gasteiger partial charge in [0.15, 0.2) is 0 Å². The number of aliphatic hydroxyl groups is 1. The summed E-state index contributed by atoms with van der Waals surface area (Å²) in [4.78, 5) is 0. The molecule has 0 aliphatic carbocycles. The van der Waals surface area contributed by atoms with Crippen LogP contribution < -0.4 is 0 Å². The van der Waals surface area contributed by atoms with Gasteiger partial charge in [-0.1, -0.05) is 24.3 Å². The third-order valence-electron chi connectivity index (χ3n) is 2.01. The normalized spacial score (nSPS) is 12.8. The maximum Gasteiger partial charge on any atom is 0.0765 e. The fourth-order valence-corrected chi connectivity index (χ4v) is 2.41. The van der Waals surface area contributed by atoms with E-state index in [4.69, 9.17) is 11.6 Å². The number of hydrogen-bond donors (Lipinski definition) is 1. The van der Waals surface area contributed by atoms with E-state index in [9.17, 15) is 5.11 Å². The first kappa shape index (κ1) is 11.9. The zero-order valence-electron chi connectivity index (χ0n) is 8.24. The molecule has 0 saturated carbocycles. The molecule has 1 aromatic carbocycles. The minimum absolute atomic E-state index is 0.320. The zero-order valence-corrected chi connectivity index (χ0v) is 9.81. The van der Waals surface area contributed by atoms with E-state index in [-0.39, 0.29) is 6.10 Å². The van der Waals surface area contributed by atoms with Gasteiger partial charge in [-0.3, -0.25) is 0 Å². The Kier molecular flexibility index (Phi) is 5.38. The Morgan fingerprint density at radius 1 is 1.43 bits per heavy atom. The molecular weight excluding hydrogens is 216 g/mol. The van der Waals surface area contributed by atoms with E-state index in [1.807, 2.05) is 12.1 Å². The van der Waals surface area contributed by atoms with Crippen molar-refractivity contribution in [3.8, 4) is 0 Å². The van der Waals surface area contributed by atoms with Crippen molar-refractivity contribution < 1.29 is 5.11 Å². The lowest BCUT2D eigenvalue weighted by molar-refractivity contribution is 0.223. The van der Waals surface area contributed by atoms with Gasteiger partial charge in [0.05, 0.1) is 6.10 Å². The Morgan fingerprint density at radius 3 is 2.79 bits per heavy atom. The van der Waals surface area contributed by atoms with Crippen molar-refractivity contribution >= 4 is 23.4 Å². The highest BCUT2D eigenvalue weighted by atomic mass is 35.5. The van der Waals surface area contributed by atoms with Crippen LogP contribution in [0.25, 0.3) is 0 Å². The van der Waals surface area contributed by atoms with Gasteiger partial charge >= 0.3 is 0 Å². The van der Waals surface area contributed by atoms with Crippen LogP contribution >= 0.6 is 23.4 Å². The molecule has 0 bridgehead atoms. The number of hydrogen-bond acceptors (Lipinski definition) is 2. The van der Waals surface area contributed by atoms with Crippen molar-refractivity contribution in [1.29, 1.82) is 0 Å². The molecule has 14 heavy (non-hydrogen) atoms. The molecule has 1 atom stereocenters. The fraction of sp³-hybridized carbons (Fsp3) is 0.455. The molecule has 0 saturated heterocycles. The lowest BCUT2D eigenvalue weighted by Crippen LogP contribution is -2.11. The summed E-state index contributed by atoms with van der Waals surface area (Å²) in [6.45, 7) is 2.11. The van der Waals surface area contributed by atoms with Crippen LogP contribution in [0.4, 0.5) is 0 Å². The second kappa shape index (κ2) is 6.33. The molecule has 1 aromatic rings. The summed E-state index contributed by atoms with van der Waals surface area (Å²) in [5.74, 6) is 1.97. The van der Waals surface area contributed by atoms with Gasteiger partial charge in [-0.15, -0.1) is 11.6 Å². The van der Waals surface area contributed by atoms with E-state index in [0.29, 0.717) is 11.6 Å². The summed E-state index contributed by atoms with van der Waals surface area (Å²) < 4.78 is 0. The highest BCUT2D eigenvalue weighted by molar-refractivity contribution is 7.98. The van der Waals surface area contributed by atoms with Crippen molar-refractivity contribution in [3.05, 3.63) is 35.4 Å². The summed E-state index contributed by atoms with van der Waals surface area (Å²) in [5, 5.41) is 9.25. The Hall–Kier alpha value is -0.180. The third kappa shape index (κ3) is 3.91. The van der Waals surface area contributed by atoms with E-state index in [0.717, 1.165) is 5.75 Å². The minimum Gasteiger partial charge on any atom is -0.391 e. The van der Waals surface area contributed by atoms with E-state index in [2.05, 4.69) is 19.1 Å². The molecule has 1 rings (SSSR count). The van der Waals surface area contributed by atoms with Crippen molar-refractivity contribution in [2.75, 3.05) is 11.6 Å². The Labute approximate surface area is 94.5 Å². The van der Waals surface area contributed by atoms with E-state index in [1.54, 1.807) is 11.8 Å². The van der Waals surface area contributed by atoms with Crippen molar-refractivity contribution in [2.24, 2.45) is 0 Å². The van der Waals surface area contributed by atoms with Gasteiger partial charge in [0.25, 0.3) is 0 Å². The molecule has 0 amide bonds. The van der Waals surface area contributed by atoms with E-state index in [1.165, 1.54) is 11.1 Å². The predicted octanol–water partition coefficient (Wildman–Crippen LogP) is 2.83. The topological polar surface area (TPSA) is 20.2 Å². The quantitative estimate of drug-likeness (QED) is 0.786. The van der Waals surface area contributed by atoms with Crippen LogP contribution in [0.15, 0.2) is 24.3 Å². The SMILES string of the molecule is Cc1ccccc1CSCC(O)CCl. The number of rotatable bonds is 5. The second-order valence-electron chi connectivity index (χ2n) is 3.25. The monoisotopic (exact) mass is 230 g/mol. The van der Waals surface area contributed by atoms with Crippen LogP contribution in [0.1, 0.15) is 11.1 Å². The van der Waals surface area contributed by atoms with Crippen molar-refractivity contribution in [3.63, 3.8) is 0 Å². The van der Waals surface area contributed by atoms with E-state index >= 15 is 0 Å². The average Bonchev–Trinajstić information content (AvgIpc) is 2.20. The van der Waals surface area contributed by atoms with Gasteiger partial charge < -0.3 is 5.11 Å². The second-order valence-corrected chi connectivity index (χ2v) is 4.59. The average molecular weight is 231 g/mol. The molecule has 3 heteroatoms. The number of halogens is 1. The van der Waals surface area contributed by atoms with Gasteiger partial charge in [0, 0.05) is 17.4 Å². The van der Waals surface area contributed by atoms with Crippen LogP contribution in [-0.4, -0.2) is 22.8 Å². The molecule has 0 aliphatic rings. The van der Waals surface area contributed by atoms with E-state index < -0.39 is 0 Å². The first-order chi connectivity index (χ1) is 6.74. The Morgan fingerprint density at radius 2 is 2.14 bits per heavy atom. The molecule has 0 aromatic heterocycles. The molecule has 0 fully saturated rings. The summed E-state index contributed by atoms with van der Waals surface area (Å²) in [6.07, 6.45) is -0.384. The number of thioether (sulfide) groups is 1.